The summed E-state index contributed by atoms with van der Waals surface area (Å²) < 4.78 is 0. The van der Waals surface area contributed by atoms with Crippen molar-refractivity contribution in [1.29, 1.82) is 0 Å². The molecule has 0 aromatic carbocycles. The van der Waals surface area contributed by atoms with Gasteiger partial charge < -0.3 is 54.2 Å². The second-order valence-corrected chi connectivity index (χ2v) is 10.9. The van der Waals surface area contributed by atoms with Gasteiger partial charge in [-0.15, -0.1) is 0 Å². The number of nitrogens with one attached hydrogen (secondary N) is 6. The summed E-state index contributed by atoms with van der Waals surface area (Å²) in [5.74, 6) is -4.10. The lowest BCUT2D eigenvalue weighted by Crippen LogP contribution is -2.58. The van der Waals surface area contributed by atoms with Crippen molar-refractivity contribution in [1.82, 2.24) is 31.9 Å². The number of unbranched alkanes of at least 4 members (excludes halogenated alkanes) is 3. The van der Waals surface area contributed by atoms with E-state index in [1.807, 2.05) is 0 Å². The number of carbonyl (C=O) groups excluding carboxylic acids is 7. The third-order valence-corrected chi connectivity index (χ3v) is 6.96. The van der Waals surface area contributed by atoms with Gasteiger partial charge in [-0.3, -0.25) is 33.6 Å². The van der Waals surface area contributed by atoms with Gasteiger partial charge in [0.2, 0.25) is 35.4 Å². The molecule has 0 rings (SSSR count). The van der Waals surface area contributed by atoms with E-state index in [-0.39, 0.29) is 37.5 Å². The highest BCUT2D eigenvalue weighted by Crippen LogP contribution is 2.08. The van der Waals surface area contributed by atoms with Crippen molar-refractivity contribution in [2.75, 3.05) is 39.3 Å². The molecule has 264 valence electrons. The maximum atomic E-state index is 13.4. The van der Waals surface area contributed by atoms with Crippen LogP contribution in [0.5, 0.6) is 0 Å². The Morgan fingerprint density at radius 2 is 0.935 bits per heavy atom. The van der Waals surface area contributed by atoms with Crippen LogP contribution >= 0.6 is 0 Å². The van der Waals surface area contributed by atoms with Crippen LogP contribution in [0.15, 0.2) is 0 Å². The van der Waals surface area contributed by atoms with Gasteiger partial charge in [-0.1, -0.05) is 6.92 Å². The molecule has 0 heterocycles. The molecule has 0 aromatic rings. The predicted octanol–water partition coefficient (Wildman–Crippen LogP) is -3.46. The largest absolute Gasteiger partial charge is 0.394 e. The van der Waals surface area contributed by atoms with Crippen molar-refractivity contribution in [2.45, 2.75) is 102 Å². The lowest BCUT2D eigenvalue weighted by molar-refractivity contribution is -0.135. The Labute approximate surface area is 270 Å². The first-order chi connectivity index (χ1) is 21.9. The van der Waals surface area contributed by atoms with Crippen LogP contribution in [-0.4, -0.2) is 110 Å². The van der Waals surface area contributed by atoms with Crippen molar-refractivity contribution in [3.63, 3.8) is 0 Å². The van der Waals surface area contributed by atoms with E-state index in [2.05, 4.69) is 31.9 Å². The predicted molar refractivity (Wildman–Crippen MR) is 171 cm³/mol. The second kappa shape index (κ2) is 25.5. The molecule has 6 amide bonds. The van der Waals surface area contributed by atoms with E-state index in [0.29, 0.717) is 64.6 Å². The smallest absolute Gasteiger partial charge is 0.245 e. The summed E-state index contributed by atoms with van der Waals surface area (Å²) in [6, 6.07) is -4.38. The molecule has 0 radical (unpaired) electrons. The van der Waals surface area contributed by atoms with Crippen LogP contribution in [0.3, 0.4) is 0 Å². The van der Waals surface area contributed by atoms with Crippen molar-refractivity contribution in [3.8, 4) is 0 Å². The molecular formula is C29H55N9O8. The average Bonchev–Trinajstić information content (AvgIpc) is 3.03. The summed E-state index contributed by atoms with van der Waals surface area (Å²) in [5, 5.41) is 24.6. The third-order valence-electron chi connectivity index (χ3n) is 6.96. The van der Waals surface area contributed by atoms with Gasteiger partial charge >= 0.3 is 0 Å². The molecule has 17 nitrogen and oxygen atoms in total. The minimum Gasteiger partial charge on any atom is -0.394 e. The van der Waals surface area contributed by atoms with Crippen LogP contribution in [0, 0.1) is 0 Å². The Balaban J connectivity index is 5.55. The first-order valence-corrected chi connectivity index (χ1v) is 15.9. The zero-order valence-corrected chi connectivity index (χ0v) is 27.2. The summed E-state index contributed by atoms with van der Waals surface area (Å²) in [5.41, 5.74) is 16.7. The first kappa shape index (κ1) is 42.3. The van der Waals surface area contributed by atoms with E-state index in [1.165, 1.54) is 6.92 Å². The maximum Gasteiger partial charge on any atom is 0.245 e. The van der Waals surface area contributed by atoms with Crippen molar-refractivity contribution >= 4 is 41.2 Å². The minimum atomic E-state index is -1.46. The van der Waals surface area contributed by atoms with E-state index < -0.39 is 66.9 Å². The number of hydrogen-bond acceptors (Lipinski definition) is 11. The van der Waals surface area contributed by atoms with Gasteiger partial charge in [0, 0.05) is 6.42 Å². The molecule has 0 aliphatic rings. The fraction of sp³-hybridized carbons (Fsp3) is 0.759. The average molecular weight is 658 g/mol. The number of Topliss-reactive ketones (excluding diaryl/α,β-unsaturated/α-hetero) is 1. The summed E-state index contributed by atoms with van der Waals surface area (Å²) >= 11 is 0. The molecule has 0 bridgehead atoms. The molecule has 13 N–H and O–H groups in total. The molecule has 0 spiro atoms. The number of carbonyl (C=O) groups is 7. The number of amides is 6. The maximum absolute atomic E-state index is 13.4. The Hall–Kier alpha value is -3.67. The highest BCUT2D eigenvalue weighted by Gasteiger charge is 2.30. The highest BCUT2D eigenvalue weighted by atomic mass is 16.3. The SMILES string of the molecule is CCC(=O)NCC(=O)NCC(=O)N[C@@H](CO)C(=O)N[C@@H](CCCCN)C(=O)N[C@@H](CCCCN)C(=O)N[C@@H](CCCCN)C(C)=O. The van der Waals surface area contributed by atoms with Gasteiger partial charge in [0.15, 0.2) is 5.78 Å². The van der Waals surface area contributed by atoms with Gasteiger partial charge in [-0.05, 0) is 84.3 Å². The fourth-order valence-corrected chi connectivity index (χ4v) is 4.19. The number of ketones is 1. The zero-order valence-electron chi connectivity index (χ0n) is 27.2. The van der Waals surface area contributed by atoms with Crippen LogP contribution in [0.2, 0.25) is 0 Å². The Morgan fingerprint density at radius 1 is 0.543 bits per heavy atom. The molecule has 0 unspecified atom stereocenters. The van der Waals surface area contributed by atoms with E-state index in [9.17, 15) is 38.7 Å². The van der Waals surface area contributed by atoms with Crippen molar-refractivity contribution in [3.05, 3.63) is 0 Å². The summed E-state index contributed by atoms with van der Waals surface area (Å²) in [4.78, 5) is 87.3. The Morgan fingerprint density at radius 3 is 1.35 bits per heavy atom. The summed E-state index contributed by atoms with van der Waals surface area (Å²) in [6.45, 7) is 2.48. The topological polar surface area (TPSA) is 290 Å². The van der Waals surface area contributed by atoms with Gasteiger partial charge in [0.1, 0.15) is 18.1 Å². The highest BCUT2D eigenvalue weighted by molar-refractivity contribution is 5.96. The monoisotopic (exact) mass is 657 g/mol. The normalized spacial score (nSPS) is 13.3. The van der Waals surface area contributed by atoms with Crippen LogP contribution in [0.1, 0.15) is 78.1 Å². The zero-order chi connectivity index (χ0) is 34.9. The van der Waals surface area contributed by atoms with E-state index in [1.54, 1.807) is 6.92 Å². The number of hydrogen-bond donors (Lipinski definition) is 10. The van der Waals surface area contributed by atoms with E-state index in [0.717, 1.165) is 0 Å². The molecule has 0 aromatic heterocycles. The molecule has 0 aliphatic heterocycles. The van der Waals surface area contributed by atoms with E-state index in [4.69, 9.17) is 17.2 Å². The molecule has 0 saturated carbocycles. The number of aliphatic hydroxyl groups is 1. The van der Waals surface area contributed by atoms with Gasteiger partial charge in [0.25, 0.3) is 0 Å². The van der Waals surface area contributed by atoms with Crippen LogP contribution < -0.4 is 49.1 Å². The number of nitrogens with two attached hydrogens (primary N) is 3. The summed E-state index contributed by atoms with van der Waals surface area (Å²) in [6.07, 6.45) is 4.37. The molecule has 4 atom stereocenters. The molecule has 17 heteroatoms. The molecule has 0 aliphatic carbocycles. The molecular weight excluding hydrogens is 602 g/mol. The molecule has 0 fully saturated rings. The van der Waals surface area contributed by atoms with E-state index >= 15 is 0 Å². The lowest BCUT2D eigenvalue weighted by Gasteiger charge is -2.26. The van der Waals surface area contributed by atoms with Crippen LogP contribution in [-0.2, 0) is 33.6 Å². The van der Waals surface area contributed by atoms with Crippen LogP contribution in [0.4, 0.5) is 0 Å². The number of rotatable bonds is 26. The lowest BCUT2D eigenvalue weighted by atomic mass is 10.0. The first-order valence-electron chi connectivity index (χ1n) is 15.9. The minimum absolute atomic E-state index is 0.146. The van der Waals surface area contributed by atoms with Gasteiger partial charge in [-0.25, -0.2) is 0 Å². The van der Waals surface area contributed by atoms with Crippen molar-refractivity contribution < 1.29 is 38.7 Å². The second-order valence-electron chi connectivity index (χ2n) is 10.9. The van der Waals surface area contributed by atoms with Crippen LogP contribution in [0.25, 0.3) is 0 Å². The molecule has 46 heavy (non-hydrogen) atoms. The third kappa shape index (κ3) is 19.0. The van der Waals surface area contributed by atoms with Crippen molar-refractivity contribution in [2.24, 2.45) is 17.2 Å². The molecule has 0 saturated heterocycles. The standard InChI is InChI=1S/C29H55N9O8/c1-3-24(41)33-16-25(42)34-17-26(43)35-23(18-39)29(46)38-22(12-6-9-15-32)28(45)37-21(11-5-8-14-31)27(44)36-20(19(2)40)10-4-7-13-30/h20-23,39H,3-18,30-32H2,1-2H3,(H,33,41)(H,34,42)(H,35,43)(H,36,44)(H,37,45)(H,38,46)/t20-,21-,22-,23-/m0/s1. The fourth-order valence-electron chi connectivity index (χ4n) is 4.19. The van der Waals surface area contributed by atoms with Gasteiger partial charge in [0.05, 0.1) is 25.7 Å². The Kier molecular flexibility index (Phi) is 23.5. The quantitative estimate of drug-likeness (QED) is 0.0408. The Bertz CT molecular complexity index is 982. The summed E-state index contributed by atoms with van der Waals surface area (Å²) in [7, 11) is 0. The number of aliphatic hydroxyl groups excluding tert-OH is 1. The van der Waals surface area contributed by atoms with Gasteiger partial charge in [-0.2, -0.15) is 0 Å².